The zero-order valence-electron chi connectivity index (χ0n) is 9.22. The molecular formula is C10H12ClN3O2S. The molecule has 1 atom stereocenters. The molecule has 1 aromatic rings. The van der Waals surface area contributed by atoms with Gasteiger partial charge in [0, 0.05) is 12.2 Å². The number of nitrogens with one attached hydrogen (secondary N) is 1. The van der Waals surface area contributed by atoms with Crippen LogP contribution in [0.3, 0.4) is 0 Å². The molecule has 5 nitrogen and oxygen atoms in total. The van der Waals surface area contributed by atoms with Crippen molar-refractivity contribution in [2.75, 3.05) is 0 Å². The van der Waals surface area contributed by atoms with E-state index in [0.29, 0.717) is 6.42 Å². The van der Waals surface area contributed by atoms with E-state index < -0.39 is 16.1 Å². The Bertz CT molecular complexity index is 525. The molecule has 0 aliphatic heterocycles. The van der Waals surface area contributed by atoms with E-state index in [4.69, 9.17) is 16.9 Å². The zero-order valence-corrected chi connectivity index (χ0v) is 10.8. The van der Waals surface area contributed by atoms with Gasteiger partial charge in [0.15, 0.2) is 0 Å². The minimum Gasteiger partial charge on any atom is -0.243 e. The molecular weight excluding hydrogens is 262 g/mol. The Kier molecular flexibility index (Phi) is 4.87. The molecule has 1 aromatic heterocycles. The average Bonchev–Trinajstić information content (AvgIpc) is 2.28. The first-order chi connectivity index (χ1) is 8.01. The zero-order chi connectivity index (χ0) is 12.9. The molecule has 1 N–H and O–H groups in total. The van der Waals surface area contributed by atoms with Crippen LogP contribution in [0.4, 0.5) is 0 Å². The minimum atomic E-state index is -3.72. The van der Waals surface area contributed by atoms with Gasteiger partial charge in [-0.2, -0.15) is 5.26 Å². The van der Waals surface area contributed by atoms with E-state index in [1.54, 1.807) is 6.92 Å². The monoisotopic (exact) mass is 273 g/mol. The molecule has 0 spiro atoms. The van der Waals surface area contributed by atoms with Crippen LogP contribution < -0.4 is 4.72 Å². The van der Waals surface area contributed by atoms with Gasteiger partial charge in [-0.25, -0.2) is 18.1 Å². The molecule has 1 rings (SSSR count). The largest absolute Gasteiger partial charge is 0.243 e. The van der Waals surface area contributed by atoms with Gasteiger partial charge in [-0.15, -0.1) is 0 Å². The quantitative estimate of drug-likeness (QED) is 0.828. The third-order valence-corrected chi connectivity index (χ3v) is 4.13. The highest BCUT2D eigenvalue weighted by atomic mass is 35.5. The molecule has 92 valence electrons. The van der Waals surface area contributed by atoms with Gasteiger partial charge in [0.05, 0.1) is 12.5 Å². The highest BCUT2D eigenvalue weighted by Gasteiger charge is 2.21. The van der Waals surface area contributed by atoms with E-state index in [-0.39, 0.29) is 16.5 Å². The SMILES string of the molecule is CCC(CC#N)NS(=O)(=O)c1cccnc1Cl. The number of hydrogen-bond acceptors (Lipinski definition) is 4. The molecule has 17 heavy (non-hydrogen) atoms. The first kappa shape index (κ1) is 13.9. The number of aromatic nitrogens is 1. The van der Waals surface area contributed by atoms with Crippen LogP contribution in [0.15, 0.2) is 23.2 Å². The van der Waals surface area contributed by atoms with Crippen molar-refractivity contribution < 1.29 is 8.42 Å². The van der Waals surface area contributed by atoms with E-state index in [2.05, 4.69) is 9.71 Å². The third-order valence-electron chi connectivity index (χ3n) is 2.17. The lowest BCUT2D eigenvalue weighted by atomic mass is 10.2. The van der Waals surface area contributed by atoms with Crippen LogP contribution >= 0.6 is 11.6 Å². The highest BCUT2D eigenvalue weighted by molar-refractivity contribution is 7.89. The predicted molar refractivity (Wildman–Crippen MR) is 63.9 cm³/mol. The van der Waals surface area contributed by atoms with Crippen LogP contribution in [0.25, 0.3) is 0 Å². The topological polar surface area (TPSA) is 82.9 Å². The number of sulfonamides is 1. The Labute approximate surface area is 105 Å². The van der Waals surface area contributed by atoms with Crippen molar-refractivity contribution in [3.05, 3.63) is 23.5 Å². The molecule has 0 radical (unpaired) electrons. The summed E-state index contributed by atoms with van der Waals surface area (Å²) in [5, 5.41) is 8.49. The lowest BCUT2D eigenvalue weighted by molar-refractivity contribution is 0.543. The van der Waals surface area contributed by atoms with Crippen LogP contribution in [0.1, 0.15) is 19.8 Å². The van der Waals surface area contributed by atoms with E-state index in [1.165, 1.54) is 18.3 Å². The summed E-state index contributed by atoms with van der Waals surface area (Å²) in [5.41, 5.74) is 0. The molecule has 1 unspecified atom stereocenters. The van der Waals surface area contributed by atoms with Gasteiger partial charge in [-0.3, -0.25) is 0 Å². The summed E-state index contributed by atoms with van der Waals surface area (Å²) in [6.45, 7) is 1.80. The number of halogens is 1. The summed E-state index contributed by atoms with van der Waals surface area (Å²) < 4.78 is 26.3. The molecule has 0 saturated heterocycles. The Hall–Kier alpha value is -1.16. The van der Waals surface area contributed by atoms with Crippen molar-refractivity contribution in [3.8, 4) is 6.07 Å². The summed E-state index contributed by atoms with van der Waals surface area (Å²) in [5.74, 6) is 0. The second-order valence-electron chi connectivity index (χ2n) is 3.38. The molecule has 1 heterocycles. The third kappa shape index (κ3) is 3.66. The molecule has 0 bridgehead atoms. The fourth-order valence-electron chi connectivity index (χ4n) is 1.23. The van der Waals surface area contributed by atoms with Crippen LogP contribution in [0, 0.1) is 11.3 Å². The second kappa shape index (κ2) is 5.96. The Morgan fingerprint density at radius 2 is 2.35 bits per heavy atom. The van der Waals surface area contributed by atoms with E-state index in [1.807, 2.05) is 6.07 Å². The molecule has 0 aliphatic rings. The Morgan fingerprint density at radius 3 is 2.88 bits per heavy atom. The van der Waals surface area contributed by atoms with Crippen molar-refractivity contribution >= 4 is 21.6 Å². The van der Waals surface area contributed by atoms with Crippen LogP contribution in [0.5, 0.6) is 0 Å². The van der Waals surface area contributed by atoms with Gasteiger partial charge >= 0.3 is 0 Å². The van der Waals surface area contributed by atoms with Crippen LogP contribution in [-0.2, 0) is 10.0 Å². The number of hydrogen-bond donors (Lipinski definition) is 1. The summed E-state index contributed by atoms with van der Waals surface area (Å²) in [4.78, 5) is 3.63. The molecule has 7 heteroatoms. The summed E-state index contributed by atoms with van der Waals surface area (Å²) in [6.07, 6.45) is 2.06. The second-order valence-corrected chi connectivity index (χ2v) is 5.42. The van der Waals surface area contributed by atoms with Crippen LogP contribution in [-0.4, -0.2) is 19.4 Å². The fourth-order valence-corrected chi connectivity index (χ4v) is 3.01. The van der Waals surface area contributed by atoms with Gasteiger partial charge < -0.3 is 0 Å². The molecule has 0 aliphatic carbocycles. The normalized spacial score (nSPS) is 13.0. The van der Waals surface area contributed by atoms with Crippen molar-refractivity contribution in [2.24, 2.45) is 0 Å². The Balaban J connectivity index is 2.97. The predicted octanol–water partition coefficient (Wildman–Crippen LogP) is 1.71. The van der Waals surface area contributed by atoms with E-state index in [0.717, 1.165) is 0 Å². The van der Waals surface area contributed by atoms with E-state index >= 15 is 0 Å². The maximum absolute atomic E-state index is 12.0. The number of nitrogens with zero attached hydrogens (tertiary/aromatic N) is 2. The lowest BCUT2D eigenvalue weighted by Gasteiger charge is -2.14. The number of rotatable bonds is 5. The number of nitriles is 1. The maximum Gasteiger partial charge on any atom is 0.243 e. The molecule has 0 fully saturated rings. The highest BCUT2D eigenvalue weighted by Crippen LogP contribution is 2.18. The van der Waals surface area contributed by atoms with Gasteiger partial charge in [-0.1, -0.05) is 18.5 Å². The molecule has 0 amide bonds. The molecule has 0 aromatic carbocycles. The van der Waals surface area contributed by atoms with Crippen molar-refractivity contribution in [1.29, 1.82) is 5.26 Å². The smallest absolute Gasteiger partial charge is 0.243 e. The summed E-state index contributed by atoms with van der Waals surface area (Å²) in [7, 11) is -3.72. The minimum absolute atomic E-state index is 0.0712. The average molecular weight is 274 g/mol. The van der Waals surface area contributed by atoms with Crippen molar-refractivity contribution in [1.82, 2.24) is 9.71 Å². The fraction of sp³-hybridized carbons (Fsp3) is 0.400. The molecule has 0 saturated carbocycles. The summed E-state index contributed by atoms with van der Waals surface area (Å²) >= 11 is 5.72. The lowest BCUT2D eigenvalue weighted by Crippen LogP contribution is -2.34. The Morgan fingerprint density at radius 1 is 1.65 bits per heavy atom. The van der Waals surface area contributed by atoms with Gasteiger partial charge in [-0.05, 0) is 18.6 Å². The first-order valence-corrected chi connectivity index (χ1v) is 6.87. The number of pyridine rings is 1. The van der Waals surface area contributed by atoms with Gasteiger partial charge in [0.2, 0.25) is 10.0 Å². The van der Waals surface area contributed by atoms with Crippen molar-refractivity contribution in [3.63, 3.8) is 0 Å². The maximum atomic E-state index is 12.0. The van der Waals surface area contributed by atoms with Gasteiger partial charge in [0.1, 0.15) is 10.0 Å². The van der Waals surface area contributed by atoms with E-state index in [9.17, 15) is 8.42 Å². The van der Waals surface area contributed by atoms with Gasteiger partial charge in [0.25, 0.3) is 0 Å². The van der Waals surface area contributed by atoms with Crippen LogP contribution in [0.2, 0.25) is 5.15 Å². The first-order valence-electron chi connectivity index (χ1n) is 5.01. The van der Waals surface area contributed by atoms with Crippen molar-refractivity contribution in [2.45, 2.75) is 30.7 Å². The summed E-state index contributed by atoms with van der Waals surface area (Å²) in [6, 6.07) is 4.38. The standard InChI is InChI=1S/C10H12ClN3O2S/c1-2-8(5-6-12)14-17(15,16)9-4-3-7-13-10(9)11/h3-4,7-8,14H,2,5H2,1H3.